The van der Waals surface area contributed by atoms with Crippen molar-refractivity contribution in [3.63, 3.8) is 0 Å². The van der Waals surface area contributed by atoms with Crippen molar-refractivity contribution >= 4 is 5.97 Å². The van der Waals surface area contributed by atoms with Crippen LogP contribution < -0.4 is 0 Å². The predicted octanol–water partition coefficient (Wildman–Crippen LogP) is 9.73. The Hall–Kier alpha value is -1.65. The average Bonchev–Trinajstić information content (AvgIpc) is 3.58. The van der Waals surface area contributed by atoms with Crippen LogP contribution in [0.1, 0.15) is 117 Å². The standard InChI is InChI=1S/C38H56O4.CH4/c1-7-27(25(2)3)14-13-26(4)30-15-16-31-34-32(17-18-37(30,31)6)36(5)19-20-38(40-21-22-41-38)24-29(36)23-33(34)42-35(39)28-11-9-8-10-12-28;/h8-14,25-27,29-34H,7,15-24H2,1-6H3;1H4/b14-13+;/t26?,27?,29-,30+,31?,32?,33+,34?,36-,37+;/m0./s1. The van der Waals surface area contributed by atoms with Gasteiger partial charge in [-0.15, -0.1) is 0 Å². The summed E-state index contributed by atoms with van der Waals surface area (Å²) >= 11 is 0. The Labute approximate surface area is 262 Å². The predicted molar refractivity (Wildman–Crippen MR) is 175 cm³/mol. The van der Waals surface area contributed by atoms with Gasteiger partial charge >= 0.3 is 5.97 Å². The Bertz CT molecular complexity index is 1120. The molecule has 0 aromatic heterocycles. The van der Waals surface area contributed by atoms with E-state index in [1.165, 1.54) is 32.1 Å². The second-order valence-electron chi connectivity index (χ2n) is 15.6. The molecule has 1 aliphatic heterocycles. The molecule has 4 nitrogen and oxygen atoms in total. The first-order valence-electron chi connectivity index (χ1n) is 17.3. The molecule has 4 aliphatic carbocycles. The molecule has 5 aliphatic rings. The van der Waals surface area contributed by atoms with Crippen molar-refractivity contribution in [1.29, 1.82) is 0 Å². The molecular weight excluding hydrogens is 532 g/mol. The van der Waals surface area contributed by atoms with Gasteiger partial charge in [-0.25, -0.2) is 4.79 Å². The van der Waals surface area contributed by atoms with Gasteiger partial charge in [0.25, 0.3) is 0 Å². The summed E-state index contributed by atoms with van der Waals surface area (Å²) in [5, 5.41) is 0. The molecule has 10 atom stereocenters. The second kappa shape index (κ2) is 12.6. The third-order valence-corrected chi connectivity index (χ3v) is 13.4. The number of carbonyl (C=O) groups is 1. The molecule has 1 heterocycles. The van der Waals surface area contributed by atoms with Crippen LogP contribution in [0.25, 0.3) is 0 Å². The minimum Gasteiger partial charge on any atom is -0.458 e. The maximum Gasteiger partial charge on any atom is 0.338 e. The molecule has 1 aromatic rings. The Morgan fingerprint density at radius 1 is 0.953 bits per heavy atom. The van der Waals surface area contributed by atoms with E-state index in [9.17, 15) is 4.79 Å². The molecule has 0 amide bonds. The number of fused-ring (bicyclic) bond motifs is 5. The first-order valence-corrected chi connectivity index (χ1v) is 17.3. The lowest BCUT2D eigenvalue weighted by Crippen LogP contribution is -2.60. The highest BCUT2D eigenvalue weighted by atomic mass is 16.7. The van der Waals surface area contributed by atoms with Gasteiger partial charge in [0.1, 0.15) is 6.10 Å². The van der Waals surface area contributed by atoms with Gasteiger partial charge < -0.3 is 14.2 Å². The van der Waals surface area contributed by atoms with Gasteiger partial charge in [0, 0.05) is 18.8 Å². The summed E-state index contributed by atoms with van der Waals surface area (Å²) in [5.41, 5.74) is 1.21. The van der Waals surface area contributed by atoms with Crippen LogP contribution >= 0.6 is 0 Å². The van der Waals surface area contributed by atoms with Gasteiger partial charge in [-0.3, -0.25) is 0 Å². The first-order chi connectivity index (χ1) is 20.1. The number of esters is 1. The minimum atomic E-state index is -0.416. The molecule has 240 valence electrons. The molecule has 5 fully saturated rings. The van der Waals surface area contributed by atoms with Crippen LogP contribution in [0.5, 0.6) is 0 Å². The van der Waals surface area contributed by atoms with E-state index >= 15 is 0 Å². The van der Waals surface area contributed by atoms with E-state index < -0.39 is 5.79 Å². The van der Waals surface area contributed by atoms with Crippen LogP contribution in [0, 0.1) is 58.2 Å². The second-order valence-corrected chi connectivity index (χ2v) is 15.6. The maximum absolute atomic E-state index is 13.6. The third-order valence-electron chi connectivity index (χ3n) is 13.4. The van der Waals surface area contributed by atoms with Crippen molar-refractivity contribution in [2.75, 3.05) is 13.2 Å². The van der Waals surface area contributed by atoms with Crippen molar-refractivity contribution < 1.29 is 19.0 Å². The average molecular weight is 593 g/mol. The molecule has 0 N–H and O–H groups in total. The summed E-state index contributed by atoms with van der Waals surface area (Å²) in [6, 6.07) is 9.63. The zero-order valence-electron chi connectivity index (χ0n) is 27.1. The Morgan fingerprint density at radius 2 is 1.65 bits per heavy atom. The molecule has 6 rings (SSSR count). The Morgan fingerprint density at radius 3 is 2.33 bits per heavy atom. The number of rotatable bonds is 7. The fourth-order valence-corrected chi connectivity index (χ4v) is 11.0. The number of carbonyl (C=O) groups excluding carboxylic acids is 1. The molecule has 0 bridgehead atoms. The summed E-state index contributed by atoms with van der Waals surface area (Å²) in [5.74, 6) is 4.10. The van der Waals surface area contributed by atoms with Gasteiger partial charge in [0.05, 0.1) is 18.8 Å². The van der Waals surface area contributed by atoms with E-state index in [1.54, 1.807) is 0 Å². The maximum atomic E-state index is 13.6. The summed E-state index contributed by atoms with van der Waals surface area (Å²) in [6.45, 7) is 16.1. The molecule has 4 heteroatoms. The largest absolute Gasteiger partial charge is 0.458 e. The van der Waals surface area contributed by atoms with Crippen LogP contribution in [0.2, 0.25) is 0 Å². The summed E-state index contributed by atoms with van der Waals surface area (Å²) in [6.07, 6.45) is 15.4. The Balaban J connectivity index is 0.00000368. The summed E-state index contributed by atoms with van der Waals surface area (Å²) in [7, 11) is 0. The van der Waals surface area contributed by atoms with Crippen LogP contribution in [0.3, 0.4) is 0 Å². The normalized spacial score (nSPS) is 39.5. The van der Waals surface area contributed by atoms with Crippen molar-refractivity contribution in [3.8, 4) is 0 Å². The fourth-order valence-electron chi connectivity index (χ4n) is 11.0. The lowest BCUT2D eigenvalue weighted by molar-refractivity contribution is -0.242. The van der Waals surface area contributed by atoms with Crippen molar-refractivity contribution in [2.45, 2.75) is 119 Å². The highest BCUT2D eigenvalue weighted by molar-refractivity contribution is 5.89. The lowest BCUT2D eigenvalue weighted by Gasteiger charge is -2.63. The number of benzene rings is 1. The van der Waals surface area contributed by atoms with E-state index in [2.05, 4.69) is 53.7 Å². The van der Waals surface area contributed by atoms with Crippen molar-refractivity contribution in [2.24, 2.45) is 58.2 Å². The molecule has 1 saturated heterocycles. The third kappa shape index (κ3) is 5.78. The molecule has 0 radical (unpaired) electrons. The van der Waals surface area contributed by atoms with Crippen molar-refractivity contribution in [3.05, 3.63) is 48.0 Å². The highest BCUT2D eigenvalue weighted by Gasteiger charge is 2.65. The van der Waals surface area contributed by atoms with Crippen LogP contribution in [0.15, 0.2) is 42.5 Å². The minimum absolute atomic E-state index is 0. The van der Waals surface area contributed by atoms with Gasteiger partial charge in [0.2, 0.25) is 0 Å². The van der Waals surface area contributed by atoms with Crippen LogP contribution in [-0.2, 0) is 14.2 Å². The zero-order valence-corrected chi connectivity index (χ0v) is 27.1. The number of allylic oxidation sites excluding steroid dienone is 2. The molecule has 5 unspecified atom stereocenters. The zero-order chi connectivity index (χ0) is 29.7. The summed E-state index contributed by atoms with van der Waals surface area (Å²) < 4.78 is 19.1. The number of hydrogen-bond donors (Lipinski definition) is 0. The van der Waals surface area contributed by atoms with E-state index in [4.69, 9.17) is 14.2 Å². The van der Waals surface area contributed by atoms with E-state index in [1.807, 2.05) is 30.3 Å². The molecular formula is C39H60O4. The molecule has 4 saturated carbocycles. The van der Waals surface area contributed by atoms with Crippen molar-refractivity contribution in [1.82, 2.24) is 0 Å². The van der Waals surface area contributed by atoms with E-state index in [0.717, 1.165) is 25.7 Å². The quantitative estimate of drug-likeness (QED) is 0.234. The number of hydrogen-bond acceptors (Lipinski definition) is 4. The molecule has 1 aromatic carbocycles. The monoisotopic (exact) mass is 592 g/mol. The van der Waals surface area contributed by atoms with Gasteiger partial charge in [-0.1, -0.05) is 79.3 Å². The SMILES string of the molecule is C.CCC(/C=C/C(C)[C@H]1CCC2C3C(CC[C@@]21C)[C@@]1(C)CCC2(C[C@@H]1C[C@H]3OC(=O)c1ccccc1)OCCO2)C(C)C. The molecule has 43 heavy (non-hydrogen) atoms. The smallest absolute Gasteiger partial charge is 0.338 e. The van der Waals surface area contributed by atoms with E-state index in [-0.39, 0.29) is 24.9 Å². The van der Waals surface area contributed by atoms with Crippen LogP contribution in [0.4, 0.5) is 0 Å². The first kappa shape index (κ1) is 32.7. The fraction of sp³-hybridized carbons (Fsp3) is 0.769. The number of ether oxygens (including phenoxy) is 3. The summed E-state index contributed by atoms with van der Waals surface area (Å²) in [4.78, 5) is 13.6. The topological polar surface area (TPSA) is 44.8 Å². The van der Waals surface area contributed by atoms with Gasteiger partial charge in [-0.05, 0) is 109 Å². The molecule has 1 spiro atoms. The highest BCUT2D eigenvalue weighted by Crippen LogP contribution is 2.69. The lowest BCUT2D eigenvalue weighted by atomic mass is 9.43. The van der Waals surface area contributed by atoms with E-state index in [0.29, 0.717) is 71.5 Å². The van der Waals surface area contributed by atoms with Gasteiger partial charge in [-0.2, -0.15) is 0 Å². The Kier molecular flexibility index (Phi) is 9.61. The van der Waals surface area contributed by atoms with Gasteiger partial charge in [0.15, 0.2) is 5.79 Å². The van der Waals surface area contributed by atoms with Crippen LogP contribution in [-0.4, -0.2) is 31.1 Å².